The number of nitrogens with one attached hydrogen (secondary N) is 2. The van der Waals surface area contributed by atoms with Crippen LogP contribution in [-0.4, -0.2) is 28.1 Å². The van der Waals surface area contributed by atoms with Gasteiger partial charge in [0.05, 0.1) is 34.7 Å². The second kappa shape index (κ2) is 9.18. The van der Waals surface area contributed by atoms with Crippen molar-refractivity contribution in [3.8, 4) is 0 Å². The van der Waals surface area contributed by atoms with Crippen molar-refractivity contribution in [3.63, 3.8) is 0 Å². The van der Waals surface area contributed by atoms with E-state index in [0.29, 0.717) is 35.5 Å². The number of aromatic nitrogens is 2. The number of hydrogen-bond acceptors (Lipinski definition) is 6. The topological polar surface area (TPSA) is 105 Å². The van der Waals surface area contributed by atoms with E-state index in [2.05, 4.69) is 20.7 Å². The van der Waals surface area contributed by atoms with E-state index in [1.807, 2.05) is 30.3 Å². The smallest absolute Gasteiger partial charge is 0.251 e. The van der Waals surface area contributed by atoms with Crippen molar-refractivity contribution in [3.05, 3.63) is 95.3 Å². The van der Waals surface area contributed by atoms with Crippen molar-refractivity contribution in [1.82, 2.24) is 20.7 Å². The second-order valence-corrected chi connectivity index (χ2v) is 9.76. The zero-order chi connectivity index (χ0) is 24.6. The number of nitrogens with zero attached hydrogens (tertiary/aromatic N) is 3. The molecule has 1 aliphatic heterocycles. The molecule has 4 atom stereocenters. The van der Waals surface area contributed by atoms with Crippen LogP contribution in [0.4, 0.5) is 10.1 Å². The number of nitrogen functional groups attached to an aromatic ring is 1. The van der Waals surface area contributed by atoms with Crippen molar-refractivity contribution in [2.75, 3.05) is 12.3 Å². The normalized spacial score (nSPS) is 24.2. The number of rotatable bonds is 6. The summed E-state index contributed by atoms with van der Waals surface area (Å²) in [4.78, 5) is 21.6. The van der Waals surface area contributed by atoms with Gasteiger partial charge in [0.25, 0.3) is 5.91 Å². The number of hydrogen-bond donors (Lipinski definition) is 3. The van der Waals surface area contributed by atoms with E-state index in [1.165, 1.54) is 29.8 Å². The van der Waals surface area contributed by atoms with E-state index < -0.39 is 0 Å². The Morgan fingerprint density at radius 2 is 1.92 bits per heavy atom. The van der Waals surface area contributed by atoms with Gasteiger partial charge in [0, 0.05) is 24.2 Å². The fraction of sp³-hybridized carbons (Fsp3) is 0.286. The third-order valence-corrected chi connectivity index (χ3v) is 7.69. The summed E-state index contributed by atoms with van der Waals surface area (Å²) in [5.41, 5.74) is 15.3. The van der Waals surface area contributed by atoms with Gasteiger partial charge in [-0.05, 0) is 91.1 Å². The minimum Gasteiger partial charge on any atom is -0.397 e. The summed E-state index contributed by atoms with van der Waals surface area (Å²) in [6, 6.07) is 15.3. The number of nitrogens with two attached hydrogens (primary N) is 1. The summed E-state index contributed by atoms with van der Waals surface area (Å²) in [7, 11) is 0. The molecule has 2 bridgehead atoms. The summed E-state index contributed by atoms with van der Waals surface area (Å²) < 4.78 is 13.2. The van der Waals surface area contributed by atoms with Gasteiger partial charge < -0.3 is 11.1 Å². The maximum absolute atomic E-state index is 13.2. The second-order valence-electron chi connectivity index (χ2n) is 9.76. The Kier molecular flexibility index (Phi) is 5.71. The Labute approximate surface area is 208 Å². The van der Waals surface area contributed by atoms with Crippen molar-refractivity contribution >= 4 is 23.0 Å². The molecular formula is C28H27FN6O. The Morgan fingerprint density at radius 3 is 2.67 bits per heavy atom. The number of benzene rings is 1. The highest BCUT2D eigenvalue weighted by Gasteiger charge is 2.53. The molecule has 2 aromatic heterocycles. The minimum atomic E-state index is -0.350. The Hall–Kier alpha value is -4.07. The van der Waals surface area contributed by atoms with Gasteiger partial charge in [0.15, 0.2) is 0 Å². The van der Waals surface area contributed by atoms with E-state index in [1.54, 1.807) is 12.4 Å². The summed E-state index contributed by atoms with van der Waals surface area (Å²) in [5.74, 6) is 0.964. The number of fused-ring (bicyclic) bond motifs is 5. The molecule has 3 aromatic rings. The quantitative estimate of drug-likeness (QED) is 0.493. The van der Waals surface area contributed by atoms with E-state index in [9.17, 15) is 9.18 Å². The fourth-order valence-electron chi connectivity index (χ4n) is 6.15. The van der Waals surface area contributed by atoms with E-state index in [-0.39, 0.29) is 17.6 Å². The molecule has 0 saturated heterocycles. The van der Waals surface area contributed by atoms with Gasteiger partial charge in [-0.3, -0.25) is 20.2 Å². The van der Waals surface area contributed by atoms with Crippen LogP contribution in [0.5, 0.6) is 0 Å². The number of amides is 1. The molecule has 3 aliphatic rings. The van der Waals surface area contributed by atoms with Crippen LogP contribution in [0.3, 0.4) is 0 Å². The maximum atomic E-state index is 13.2. The molecule has 2 aliphatic carbocycles. The molecule has 2 saturated carbocycles. The zero-order valence-corrected chi connectivity index (χ0v) is 19.7. The lowest BCUT2D eigenvalue weighted by molar-refractivity contribution is 0.0950. The first kappa shape index (κ1) is 22.4. The number of carbonyl (C=O) groups is 1. The lowest BCUT2D eigenvalue weighted by Gasteiger charge is -2.36. The number of pyridine rings is 2. The molecule has 7 nitrogen and oxygen atoms in total. The maximum Gasteiger partial charge on any atom is 0.251 e. The minimum absolute atomic E-state index is 0.175. The van der Waals surface area contributed by atoms with Gasteiger partial charge in [0.1, 0.15) is 5.82 Å². The highest BCUT2D eigenvalue weighted by molar-refractivity contribution is 6.05. The Morgan fingerprint density at radius 1 is 1.06 bits per heavy atom. The first-order chi connectivity index (χ1) is 17.6. The fourth-order valence-corrected chi connectivity index (χ4v) is 6.15. The predicted octanol–water partition coefficient (Wildman–Crippen LogP) is 4.01. The molecule has 8 heteroatoms. The highest BCUT2D eigenvalue weighted by atomic mass is 18.2. The van der Waals surface area contributed by atoms with Crippen LogP contribution >= 0.6 is 0 Å². The molecular weight excluding hydrogens is 454 g/mol. The summed E-state index contributed by atoms with van der Waals surface area (Å²) in [6.45, 7) is 0.576. The summed E-state index contributed by atoms with van der Waals surface area (Å²) in [6.07, 6.45) is 6.52. The van der Waals surface area contributed by atoms with Crippen LogP contribution in [0.1, 0.15) is 41.0 Å². The third-order valence-electron chi connectivity index (χ3n) is 7.69. The molecule has 182 valence electrons. The molecule has 6 rings (SSSR count). The van der Waals surface area contributed by atoms with Crippen LogP contribution in [-0.2, 0) is 0 Å². The van der Waals surface area contributed by atoms with E-state index in [4.69, 9.17) is 10.8 Å². The van der Waals surface area contributed by atoms with Gasteiger partial charge in [-0.2, -0.15) is 5.10 Å². The molecule has 3 heterocycles. The van der Waals surface area contributed by atoms with Gasteiger partial charge in [-0.15, -0.1) is 0 Å². The molecule has 36 heavy (non-hydrogen) atoms. The number of allylic oxidation sites excluding steroid dienone is 1. The van der Waals surface area contributed by atoms with Gasteiger partial charge in [-0.25, -0.2) is 4.39 Å². The molecule has 4 N–H and O–H groups in total. The average molecular weight is 482 g/mol. The summed E-state index contributed by atoms with van der Waals surface area (Å²) >= 11 is 0. The van der Waals surface area contributed by atoms with Crippen molar-refractivity contribution < 1.29 is 9.18 Å². The van der Waals surface area contributed by atoms with Crippen LogP contribution in [0.25, 0.3) is 5.70 Å². The summed E-state index contributed by atoms with van der Waals surface area (Å²) in [5, 5.41) is 7.79. The molecule has 1 amide bonds. The van der Waals surface area contributed by atoms with E-state index in [0.717, 1.165) is 42.1 Å². The van der Waals surface area contributed by atoms with Crippen LogP contribution < -0.4 is 16.5 Å². The molecule has 1 aromatic carbocycles. The zero-order valence-electron chi connectivity index (χ0n) is 19.7. The van der Waals surface area contributed by atoms with Crippen LogP contribution in [0.2, 0.25) is 0 Å². The Bertz CT molecular complexity index is 1340. The highest BCUT2D eigenvalue weighted by Crippen LogP contribution is 2.59. The first-order valence-corrected chi connectivity index (χ1v) is 12.3. The number of carbonyl (C=O) groups excluding carboxylic acids is 1. The lowest BCUT2D eigenvalue weighted by Crippen LogP contribution is -2.36. The number of halogens is 1. The average Bonchev–Trinajstić information content (AvgIpc) is 3.49. The number of anilines is 1. The molecule has 0 spiro atoms. The predicted molar refractivity (Wildman–Crippen MR) is 136 cm³/mol. The standard InChI is InChI=1S/C28H27FN6O/c29-19-6-4-16(5-7-19)28(36)32-12-10-17-13-18-14-21(17)25-24(18)26(22-3-1-2-11-31-22)34-35-27(25)23-9-8-20(30)15-33-23/h1-9,11,15,17-18,21,24,35H,10,12-14,30H2,(H,32,36)/t17-,18-,21-,24?/m0/s1/i29-1. The SMILES string of the molecule is Nc1ccc(C2=C3C(C(c4ccccn4)=NN2)[C@H]2C[C@H](CCNC(=O)c4ccc([18F])cc4)[C@@H]3C2)nc1. The van der Waals surface area contributed by atoms with Gasteiger partial charge in [0.2, 0.25) is 0 Å². The van der Waals surface area contributed by atoms with Crippen molar-refractivity contribution in [2.24, 2.45) is 28.8 Å². The van der Waals surface area contributed by atoms with Gasteiger partial charge >= 0.3 is 0 Å². The number of hydrazone groups is 1. The Balaban J connectivity index is 1.24. The van der Waals surface area contributed by atoms with Crippen molar-refractivity contribution in [1.29, 1.82) is 0 Å². The van der Waals surface area contributed by atoms with Crippen LogP contribution in [0.15, 0.2) is 77.7 Å². The van der Waals surface area contributed by atoms with Crippen molar-refractivity contribution in [2.45, 2.75) is 19.3 Å². The van der Waals surface area contributed by atoms with Gasteiger partial charge in [-0.1, -0.05) is 6.07 Å². The molecule has 2 fully saturated rings. The largest absolute Gasteiger partial charge is 0.397 e. The van der Waals surface area contributed by atoms with Crippen LogP contribution in [0, 0.1) is 29.5 Å². The molecule has 1 unspecified atom stereocenters. The first-order valence-electron chi connectivity index (χ1n) is 12.3. The molecule has 0 radical (unpaired) electrons. The third kappa shape index (κ3) is 4.02. The lowest BCUT2D eigenvalue weighted by atomic mass is 9.72. The van der Waals surface area contributed by atoms with E-state index >= 15 is 0 Å². The monoisotopic (exact) mass is 481 g/mol.